The first-order chi connectivity index (χ1) is 16.8. The molecule has 35 heavy (non-hydrogen) atoms. The number of hydrogen-bond donors (Lipinski definition) is 2. The minimum atomic E-state index is -0.441. The van der Waals surface area contributed by atoms with Gasteiger partial charge in [-0.3, -0.25) is 9.59 Å². The number of amides is 1. The molecule has 0 fully saturated rings. The lowest BCUT2D eigenvalue weighted by atomic mass is 9.73. The summed E-state index contributed by atoms with van der Waals surface area (Å²) < 4.78 is 13.7. The van der Waals surface area contributed by atoms with Crippen LogP contribution in [0.5, 0.6) is 0 Å². The molecular formula is C29H28FN3O2. The van der Waals surface area contributed by atoms with Crippen molar-refractivity contribution < 1.29 is 14.0 Å². The molecule has 3 aromatic rings. The molecule has 3 aromatic carbocycles. The van der Waals surface area contributed by atoms with Crippen LogP contribution in [0.3, 0.4) is 0 Å². The van der Waals surface area contributed by atoms with Gasteiger partial charge < -0.3 is 15.5 Å². The number of para-hydroxylation sites is 2. The number of hydrogen-bond acceptors (Lipinski definition) is 4. The van der Waals surface area contributed by atoms with E-state index in [1.807, 2.05) is 59.5 Å². The van der Waals surface area contributed by atoms with E-state index in [9.17, 15) is 14.0 Å². The molecule has 1 unspecified atom stereocenters. The lowest BCUT2D eigenvalue weighted by Gasteiger charge is -2.37. The lowest BCUT2D eigenvalue weighted by molar-refractivity contribution is -0.119. The predicted molar refractivity (Wildman–Crippen MR) is 137 cm³/mol. The highest BCUT2D eigenvalue weighted by Crippen LogP contribution is 2.48. The third-order valence-corrected chi connectivity index (χ3v) is 6.54. The topological polar surface area (TPSA) is 61.4 Å². The van der Waals surface area contributed by atoms with E-state index >= 15 is 0 Å². The van der Waals surface area contributed by atoms with Gasteiger partial charge in [0.25, 0.3) is 0 Å². The Morgan fingerprint density at radius 2 is 1.77 bits per heavy atom. The fraction of sp³-hybridized carbons (Fsp3) is 0.241. The summed E-state index contributed by atoms with van der Waals surface area (Å²) in [4.78, 5) is 28.8. The maximum absolute atomic E-state index is 13.7. The highest BCUT2D eigenvalue weighted by Gasteiger charge is 2.41. The van der Waals surface area contributed by atoms with E-state index in [-0.39, 0.29) is 23.7 Å². The van der Waals surface area contributed by atoms with Crippen LogP contribution in [0.25, 0.3) is 0 Å². The Hall–Kier alpha value is -3.93. The predicted octanol–water partition coefficient (Wildman–Crippen LogP) is 6.08. The zero-order chi connectivity index (χ0) is 24.6. The molecule has 0 spiro atoms. The summed E-state index contributed by atoms with van der Waals surface area (Å²) in [5, 5.41) is 6.35. The van der Waals surface area contributed by atoms with Crippen LogP contribution < -0.4 is 15.5 Å². The van der Waals surface area contributed by atoms with Gasteiger partial charge in [-0.2, -0.15) is 0 Å². The van der Waals surface area contributed by atoms with Gasteiger partial charge >= 0.3 is 0 Å². The first-order valence-corrected chi connectivity index (χ1v) is 11.8. The van der Waals surface area contributed by atoms with Gasteiger partial charge in [-0.1, -0.05) is 62.4 Å². The number of nitrogens with zero attached hydrogens (tertiary/aromatic N) is 1. The average molecular weight is 470 g/mol. The number of allylic oxidation sites excluding steroid dienone is 1. The molecule has 0 saturated carbocycles. The number of benzene rings is 3. The molecule has 5 rings (SSSR count). The van der Waals surface area contributed by atoms with Gasteiger partial charge in [-0.25, -0.2) is 4.39 Å². The van der Waals surface area contributed by atoms with Gasteiger partial charge in [0.15, 0.2) is 5.78 Å². The van der Waals surface area contributed by atoms with E-state index in [1.165, 1.54) is 12.1 Å². The SMILES string of the molecule is CC1(C)CC(=O)C2=C(C1)Nc1ccccc1N(CC(=O)Nc1cccc(F)c1)C2c1ccccc1. The second kappa shape index (κ2) is 9.02. The van der Waals surface area contributed by atoms with E-state index in [1.54, 1.807) is 12.1 Å². The average Bonchev–Trinajstić information content (AvgIpc) is 2.93. The zero-order valence-corrected chi connectivity index (χ0v) is 19.8. The summed E-state index contributed by atoms with van der Waals surface area (Å²) in [7, 11) is 0. The van der Waals surface area contributed by atoms with Crippen molar-refractivity contribution in [1.82, 2.24) is 0 Å². The largest absolute Gasteiger partial charge is 0.357 e. The molecule has 1 heterocycles. The molecule has 1 amide bonds. The number of Topliss-reactive ketones (excluding diaryl/α,β-unsaturated/α-hetero) is 1. The summed E-state index contributed by atoms with van der Waals surface area (Å²) in [6.07, 6.45) is 1.17. The quantitative estimate of drug-likeness (QED) is 0.486. The first kappa shape index (κ1) is 22.8. The summed E-state index contributed by atoms with van der Waals surface area (Å²) in [5.74, 6) is -0.626. The minimum absolute atomic E-state index is 0.0117. The lowest BCUT2D eigenvalue weighted by Crippen LogP contribution is -2.40. The van der Waals surface area contributed by atoms with Crippen LogP contribution in [0.1, 0.15) is 38.3 Å². The van der Waals surface area contributed by atoms with E-state index in [2.05, 4.69) is 24.5 Å². The number of nitrogens with one attached hydrogen (secondary N) is 2. The number of rotatable bonds is 4. The molecule has 0 saturated heterocycles. The third kappa shape index (κ3) is 4.69. The van der Waals surface area contributed by atoms with Crippen LogP contribution in [-0.4, -0.2) is 18.2 Å². The van der Waals surface area contributed by atoms with Gasteiger partial charge in [0, 0.05) is 23.4 Å². The molecule has 1 atom stereocenters. The molecule has 0 bridgehead atoms. The Morgan fingerprint density at radius 3 is 2.54 bits per heavy atom. The van der Waals surface area contributed by atoms with Gasteiger partial charge in [0.1, 0.15) is 5.82 Å². The number of carbonyl (C=O) groups is 2. The Kier molecular flexibility index (Phi) is 5.89. The maximum Gasteiger partial charge on any atom is 0.243 e. The molecule has 2 aliphatic rings. The van der Waals surface area contributed by atoms with Gasteiger partial charge in [-0.05, 0) is 47.7 Å². The Morgan fingerprint density at radius 1 is 1.03 bits per heavy atom. The van der Waals surface area contributed by atoms with E-state index in [4.69, 9.17) is 0 Å². The fourth-order valence-corrected chi connectivity index (χ4v) is 5.13. The number of halogens is 1. The highest BCUT2D eigenvalue weighted by atomic mass is 19.1. The second-order valence-electron chi connectivity index (χ2n) is 9.97. The number of fused-ring (bicyclic) bond motifs is 1. The summed E-state index contributed by atoms with van der Waals surface area (Å²) in [6, 6.07) is 23.0. The van der Waals surface area contributed by atoms with Crippen molar-refractivity contribution in [3.8, 4) is 0 Å². The van der Waals surface area contributed by atoms with Crippen LogP contribution in [0, 0.1) is 11.2 Å². The molecule has 178 valence electrons. The fourth-order valence-electron chi connectivity index (χ4n) is 5.13. The second-order valence-corrected chi connectivity index (χ2v) is 9.97. The van der Waals surface area contributed by atoms with Crippen LogP contribution in [0.4, 0.5) is 21.5 Å². The van der Waals surface area contributed by atoms with Crippen LogP contribution in [0.2, 0.25) is 0 Å². The monoisotopic (exact) mass is 469 g/mol. The molecule has 6 heteroatoms. The van der Waals surface area contributed by atoms with Crippen LogP contribution in [0.15, 0.2) is 90.1 Å². The van der Waals surface area contributed by atoms with Gasteiger partial charge in [-0.15, -0.1) is 0 Å². The van der Waals surface area contributed by atoms with E-state index in [0.717, 1.165) is 29.1 Å². The van der Waals surface area contributed by atoms with Crippen molar-refractivity contribution in [3.63, 3.8) is 0 Å². The Bertz CT molecular complexity index is 1320. The molecule has 0 aromatic heterocycles. The third-order valence-electron chi connectivity index (χ3n) is 6.54. The molecule has 1 aliphatic heterocycles. The van der Waals surface area contributed by atoms with Crippen LogP contribution >= 0.6 is 0 Å². The minimum Gasteiger partial charge on any atom is -0.357 e. The van der Waals surface area contributed by atoms with Crippen molar-refractivity contribution in [2.45, 2.75) is 32.7 Å². The summed E-state index contributed by atoms with van der Waals surface area (Å²) in [5.41, 5.74) is 4.44. The highest BCUT2D eigenvalue weighted by molar-refractivity contribution is 6.02. The van der Waals surface area contributed by atoms with Crippen molar-refractivity contribution in [3.05, 3.63) is 102 Å². The number of ketones is 1. The first-order valence-electron chi connectivity index (χ1n) is 11.8. The molecule has 5 nitrogen and oxygen atoms in total. The van der Waals surface area contributed by atoms with Crippen molar-refractivity contribution in [2.75, 3.05) is 22.1 Å². The summed E-state index contributed by atoms with van der Waals surface area (Å²) >= 11 is 0. The van der Waals surface area contributed by atoms with Gasteiger partial charge in [0.2, 0.25) is 5.91 Å². The summed E-state index contributed by atoms with van der Waals surface area (Å²) in [6.45, 7) is 4.20. The normalized spacial score (nSPS) is 18.8. The standard InChI is InChI=1S/C29H28FN3O2/c1-29(2)16-23-27(25(34)17-29)28(19-9-4-3-5-10-19)33(24-14-7-6-13-22(24)32-23)18-26(35)31-21-12-8-11-20(30)15-21/h3-15,28,32H,16-18H2,1-2H3,(H,31,35). The maximum atomic E-state index is 13.7. The van der Waals surface area contributed by atoms with Crippen molar-refractivity contribution in [1.29, 1.82) is 0 Å². The smallest absolute Gasteiger partial charge is 0.243 e. The molecule has 0 radical (unpaired) electrons. The number of carbonyl (C=O) groups excluding carboxylic acids is 2. The zero-order valence-electron chi connectivity index (χ0n) is 19.8. The van der Waals surface area contributed by atoms with E-state index < -0.39 is 11.9 Å². The van der Waals surface area contributed by atoms with Crippen molar-refractivity contribution >= 4 is 28.8 Å². The Balaban J connectivity index is 1.62. The van der Waals surface area contributed by atoms with Crippen LogP contribution in [-0.2, 0) is 9.59 Å². The number of anilines is 3. The molecular weight excluding hydrogens is 441 g/mol. The Labute approximate surface area is 204 Å². The van der Waals surface area contributed by atoms with Crippen molar-refractivity contribution in [2.24, 2.45) is 5.41 Å². The van der Waals surface area contributed by atoms with E-state index in [0.29, 0.717) is 17.7 Å². The molecule has 2 N–H and O–H groups in total. The molecule has 1 aliphatic carbocycles. The van der Waals surface area contributed by atoms with Gasteiger partial charge in [0.05, 0.1) is 24.0 Å².